The first-order chi connectivity index (χ1) is 67.9. The minimum Gasteiger partial charge on any atom is -0.506 e. The molecular weight excluding hydrogens is 2200 g/mol. The van der Waals surface area contributed by atoms with E-state index in [0.29, 0.717) is 150 Å². The second-order valence-electron chi connectivity index (χ2n) is 34.8. The van der Waals surface area contributed by atoms with E-state index in [0.717, 1.165) is 100 Å². The first kappa shape index (κ1) is 115. The van der Waals surface area contributed by atoms with Gasteiger partial charge in [0.2, 0.25) is 6.29 Å². The number of phenolic OH excluding ortho intramolecular Hbond substituents is 2. The van der Waals surface area contributed by atoms with Crippen LogP contribution in [0.25, 0.3) is 122 Å². The molecule has 12 heterocycles. The summed E-state index contributed by atoms with van der Waals surface area (Å²) in [5.74, 6) is -0.112. The molecule has 0 aliphatic rings. The number of carbonyl (C=O) groups is 5. The molecule has 0 atom stereocenters. The Morgan fingerprint density at radius 1 is 0.465 bits per heavy atom. The summed E-state index contributed by atoms with van der Waals surface area (Å²) in [5, 5.41) is 71.3. The Kier molecular flexibility index (Phi) is 40.1. The molecule has 52 heteroatoms. The van der Waals surface area contributed by atoms with E-state index < -0.39 is 66.8 Å². The number of phenols is 2. The number of carbonyl (C=O) groups excluding carboxylic acids is 4. The average molecular weight is 2310 g/mol. The lowest BCUT2D eigenvalue weighted by atomic mass is 9.86. The van der Waals surface area contributed by atoms with Gasteiger partial charge in [0.15, 0.2) is 22.6 Å². The number of aromatic nitrogens is 20. The minimum atomic E-state index is -5.08. The van der Waals surface area contributed by atoms with Gasteiger partial charge in [-0.1, -0.05) is 108 Å². The molecule has 0 radical (unpaired) electrons. The van der Waals surface area contributed by atoms with Crippen molar-refractivity contribution in [1.82, 2.24) is 97.7 Å². The Balaban J connectivity index is 0.000000195. The van der Waals surface area contributed by atoms with Gasteiger partial charge >= 0.3 is 46.9 Å². The Morgan fingerprint density at radius 2 is 0.792 bits per heavy atom. The number of nitrogens with two attached hydrogens (primary N) is 5. The lowest BCUT2D eigenvalue weighted by Crippen LogP contribution is -2.41. The number of aldehydes is 1. The van der Waals surface area contributed by atoms with Crippen molar-refractivity contribution in [2.24, 2.45) is 5.73 Å². The second-order valence-corrected chi connectivity index (χ2v) is 42.2. The van der Waals surface area contributed by atoms with Gasteiger partial charge in [0.1, 0.15) is 126 Å². The van der Waals surface area contributed by atoms with E-state index in [9.17, 15) is 61.0 Å². The van der Waals surface area contributed by atoms with E-state index >= 15 is 0 Å². The first-order valence-corrected chi connectivity index (χ1v) is 48.8. The number of nitrogen functional groups attached to an aromatic ring is 4. The number of H-pyrrole nitrogens is 1. The molecule has 12 aromatic heterocycles. The molecule has 0 amide bonds. The number of methoxy groups -OCH3 is 2. The third kappa shape index (κ3) is 29.6. The first-order valence-electron chi connectivity index (χ1n) is 44.9. The van der Waals surface area contributed by atoms with Crippen LogP contribution in [0.1, 0.15) is 154 Å². The van der Waals surface area contributed by atoms with E-state index in [1.807, 2.05) is 77.3 Å². The summed E-state index contributed by atoms with van der Waals surface area (Å²) in [6.45, 7) is 26.2. The largest absolute Gasteiger partial charge is 0.506 e. The van der Waals surface area contributed by atoms with E-state index in [1.54, 1.807) is 95.8 Å². The number of carboxylic acid groups (broad SMARTS) is 1. The van der Waals surface area contributed by atoms with E-state index in [-0.39, 0.29) is 26.1 Å². The number of nitrogens with zero attached hydrogens (tertiary/aromatic N) is 19. The van der Waals surface area contributed by atoms with Crippen molar-refractivity contribution in [1.29, 1.82) is 0 Å². The number of carboxylic acids is 1. The molecule has 0 aliphatic carbocycles. The van der Waals surface area contributed by atoms with Crippen LogP contribution in [0.4, 0.5) is 64.0 Å². The van der Waals surface area contributed by atoms with Crippen molar-refractivity contribution in [3.05, 3.63) is 126 Å². The van der Waals surface area contributed by atoms with Crippen LogP contribution in [-0.4, -0.2) is 214 Å². The Bertz CT molecular complexity index is 7150. The number of aromatic amines is 1. The number of hydrogen-bond donors (Lipinski definition) is 11. The fraction of sp³-hybridized carbons (Fsp3) is 0.380. The number of anilines is 4. The van der Waals surface area contributed by atoms with Crippen LogP contribution in [0.3, 0.4) is 0 Å². The summed E-state index contributed by atoms with van der Waals surface area (Å²) in [6, 6.07) is 28.4. The maximum Gasteiger partial charge on any atom is 0.506 e. The summed E-state index contributed by atoms with van der Waals surface area (Å²) in [6.07, 6.45) is 4.71. The maximum atomic E-state index is 13.4. The number of aliphatic carboxylic acids is 1. The number of ether oxygens (including phenoxy) is 5. The summed E-state index contributed by atoms with van der Waals surface area (Å²) in [4.78, 5) is 93.8. The number of rotatable bonds is 22. The van der Waals surface area contributed by atoms with Crippen molar-refractivity contribution >= 4 is 227 Å². The van der Waals surface area contributed by atoms with Gasteiger partial charge in [-0.25, -0.2) is 91.5 Å². The Morgan fingerprint density at radius 3 is 1.16 bits per heavy atom. The zero-order valence-corrected chi connectivity index (χ0v) is 88.0. The Hall–Kier alpha value is -13.1. The van der Waals surface area contributed by atoms with E-state index in [2.05, 4.69) is 141 Å². The van der Waals surface area contributed by atoms with Crippen LogP contribution < -0.4 is 43.7 Å². The quantitative estimate of drug-likeness (QED) is 0.00749. The molecule has 0 fully saturated rings. The van der Waals surface area contributed by atoms with Crippen LogP contribution in [0, 0.1) is 3.70 Å². The van der Waals surface area contributed by atoms with Gasteiger partial charge in [0.25, 0.3) is 0 Å². The van der Waals surface area contributed by atoms with E-state index in [4.69, 9.17) is 82.3 Å². The van der Waals surface area contributed by atoms with Gasteiger partial charge in [0.05, 0.1) is 64.0 Å². The fourth-order valence-electron chi connectivity index (χ4n) is 14.5. The molecule has 0 unspecified atom stereocenters. The molecule has 0 bridgehead atoms. The number of aromatic hydroxyl groups is 2. The van der Waals surface area contributed by atoms with Gasteiger partial charge in [-0.3, -0.25) is 4.79 Å². The molecule has 16 rings (SSSR count). The van der Waals surface area contributed by atoms with Gasteiger partial charge in [0, 0.05) is 47.7 Å². The summed E-state index contributed by atoms with van der Waals surface area (Å²) >= 11 is 11.5. The maximum absolute atomic E-state index is 13.4. The van der Waals surface area contributed by atoms with Crippen LogP contribution in [0.5, 0.6) is 23.0 Å². The standard InChI is InChI=1S/C24H30N6O3.C23H28N6O3.C17H19N7O.C14H18BNO5.C10H14IN5.C2HF3O2.C2HF3O.BBr3/c1-6-7-8-12-29-22-18(21(25)26-14-27-22)19(28-29)16-13-15-10-9-11-17(32-5)20(15)30(16)23(31)33-24(2,3)4;1-5-6-7-11-28-21-17(20(24)25-13-26-21)18(27-28)15-12-14-9-8-10-16(30)19(14)29(15)22(31)32-23(2,3)4;18-6-1-2-7-24-17-13(16(19)20-9-21-17)15(23-24)11-8-10-4-3-5-12(25)14(10)22-11;1-14(2,3)21-13(17)16-11(15(18)19)8-9-6-5-7-10(20-4)12(9)16;1-2-3-4-5-16-10-7(8(11)15-16)9(12)13-6-14-10;3-2(4,5)1(6)7;3-2(4,5)1-6;2-1(3)4/h9-11,13-14H,6-8,12H2,1-5H3,(H2,25,26,27);8-10,12-13,30H,5-7,11H2,1-4H3,(H2,24,25,26);3-5,8-9,22,25H,1-2,6-7,18H2,(H2,19,20,21);5-8,18-19H,1-4H3;6H,2-5H2,1H3,(H2,12,13,14);(H,6,7);1H;. The summed E-state index contributed by atoms with van der Waals surface area (Å²) in [5.41, 5.74) is 36.2. The highest BCUT2D eigenvalue weighted by molar-refractivity contribution is 14.1. The number of hydrogen-bond acceptors (Lipinski definition) is 31. The molecule has 40 nitrogen and oxygen atoms in total. The van der Waals surface area contributed by atoms with Crippen molar-refractivity contribution < 1.29 is 99.4 Å². The molecule has 4 aromatic carbocycles. The number of unbranched alkanes of at least 4 members (excludes halogenated alkanes) is 7. The number of aryl methyl sites for hydroxylation is 4. The predicted molar refractivity (Wildman–Crippen MR) is 559 cm³/mol. The van der Waals surface area contributed by atoms with Gasteiger partial charge in [-0.2, -0.15) is 46.7 Å². The zero-order chi connectivity index (χ0) is 106. The molecular formula is C92H111B2Br3F6IN25O15. The smallest absolute Gasteiger partial charge is 0.506 e. The highest BCUT2D eigenvalue weighted by Gasteiger charge is 2.39. The molecule has 770 valence electrons. The number of para-hydroxylation sites is 4. The molecule has 0 saturated heterocycles. The Labute approximate surface area is 860 Å². The molecule has 0 aliphatic heterocycles. The van der Waals surface area contributed by atoms with Gasteiger partial charge < -0.3 is 82.7 Å². The van der Waals surface area contributed by atoms with Crippen LogP contribution in [0.15, 0.2) is 122 Å². The normalized spacial score (nSPS) is 11.5. The van der Waals surface area contributed by atoms with E-state index in [1.165, 1.54) is 66.5 Å². The average Bonchev–Trinajstić information content (AvgIpc) is 1.58. The molecule has 16 N–H and O–H groups in total. The number of halogens is 10. The monoisotopic (exact) mass is 2310 g/mol. The van der Waals surface area contributed by atoms with Crippen molar-refractivity contribution in [2.45, 2.75) is 209 Å². The molecule has 0 spiro atoms. The second kappa shape index (κ2) is 50.5. The summed E-state index contributed by atoms with van der Waals surface area (Å²) < 4.78 is 103. The van der Waals surface area contributed by atoms with Gasteiger partial charge in [-0.15, -0.1) is 47.3 Å². The minimum absolute atomic E-state index is 0.0313. The van der Waals surface area contributed by atoms with Crippen LogP contribution in [0.2, 0.25) is 0 Å². The lowest BCUT2D eigenvalue weighted by Gasteiger charge is -2.21. The third-order valence-corrected chi connectivity index (χ3v) is 21.3. The lowest BCUT2D eigenvalue weighted by molar-refractivity contribution is -0.192. The molecule has 16 aromatic rings. The number of nitrogens with one attached hydrogen (secondary N) is 1. The topological polar surface area (TPSA) is 568 Å². The number of benzene rings is 4. The number of alkyl halides is 6. The van der Waals surface area contributed by atoms with Crippen LogP contribution in [-0.2, 0) is 50.0 Å². The van der Waals surface area contributed by atoms with Crippen molar-refractivity contribution in [2.75, 3.05) is 43.7 Å². The number of fused-ring (bicyclic) bond motifs is 8. The predicted octanol–water partition coefficient (Wildman–Crippen LogP) is 18.6. The highest BCUT2D eigenvalue weighted by Crippen LogP contribution is 2.42. The molecule has 0 saturated carbocycles. The summed E-state index contributed by atoms with van der Waals surface area (Å²) in [7, 11) is 1.26. The zero-order valence-electron chi connectivity index (χ0n) is 81.1. The third-order valence-electron chi connectivity index (χ3n) is 20.5. The van der Waals surface area contributed by atoms with Crippen LogP contribution >= 0.6 is 69.9 Å². The fourth-order valence-corrected chi connectivity index (χ4v) is 15.3. The van der Waals surface area contributed by atoms with Crippen molar-refractivity contribution in [3.8, 4) is 57.2 Å². The SMILES string of the molecule is BrB(Br)Br.CCCCCn1nc(-c2cc3cccc(O)c3n2C(=O)OC(C)(C)C)c2c(N)ncnc21.CCCCCn1nc(-c2cc3cccc(OC)c3n2C(=O)OC(C)(C)C)c2c(N)ncnc21.CCCCCn1nc(I)c2c(N)ncnc21.COc1cccc2cc(B(O)O)n(C(=O)OC(C)(C)C)c12.NCCCCn1nc(-c2cc3cccc(O)c3[nH]2)c2c(N)ncnc21.O=C(O)C(F)(F)F.O=CC(F)(F)F. The highest BCUT2D eigenvalue weighted by atomic mass is 127. The van der Waals surface area contributed by atoms with Crippen molar-refractivity contribution in [3.63, 3.8) is 0 Å². The molecule has 144 heavy (non-hydrogen) atoms. The van der Waals surface area contributed by atoms with Gasteiger partial charge in [-0.05, 0) is 172 Å².